The molecule has 0 unspecified atom stereocenters. The number of terminal acetylenes is 1. The molecule has 140 valence electrons. The molecule has 2 aromatic rings. The van der Waals surface area contributed by atoms with Crippen molar-refractivity contribution in [2.45, 2.75) is 51.9 Å². The Labute approximate surface area is 159 Å². The van der Waals surface area contributed by atoms with Gasteiger partial charge in [0.2, 0.25) is 0 Å². The Morgan fingerprint density at radius 2 is 2.00 bits per heavy atom. The first-order chi connectivity index (χ1) is 12.7. The SMILES string of the molecule is C#CCn1cc(CC=C(F)B2OC(C)(C)C(C)(C)O2)c(-c2ccccn2)n1. The van der Waals surface area contributed by atoms with E-state index in [-0.39, 0.29) is 0 Å². The van der Waals surface area contributed by atoms with Crippen molar-refractivity contribution in [2.75, 3.05) is 0 Å². The van der Waals surface area contributed by atoms with Gasteiger partial charge in [-0.1, -0.05) is 18.1 Å². The van der Waals surface area contributed by atoms with Crippen molar-refractivity contribution in [3.8, 4) is 23.7 Å². The zero-order chi connectivity index (χ0) is 19.7. The molecule has 0 spiro atoms. The lowest BCUT2D eigenvalue weighted by atomic mass is 9.87. The lowest BCUT2D eigenvalue weighted by Gasteiger charge is -2.32. The van der Waals surface area contributed by atoms with E-state index in [1.54, 1.807) is 10.9 Å². The molecule has 0 N–H and O–H groups in total. The number of rotatable bonds is 5. The first-order valence-corrected chi connectivity index (χ1v) is 8.86. The second-order valence-electron chi connectivity index (χ2n) is 7.50. The number of allylic oxidation sites excluding steroid dienone is 1. The van der Waals surface area contributed by atoms with Gasteiger partial charge in [0.05, 0.1) is 16.9 Å². The summed E-state index contributed by atoms with van der Waals surface area (Å²) in [4.78, 5) is 4.33. The quantitative estimate of drug-likeness (QED) is 0.599. The monoisotopic (exact) mass is 367 g/mol. The van der Waals surface area contributed by atoms with Gasteiger partial charge in [-0.3, -0.25) is 9.67 Å². The van der Waals surface area contributed by atoms with Crippen LogP contribution in [0.5, 0.6) is 0 Å². The maximum Gasteiger partial charge on any atom is 0.524 e. The second-order valence-corrected chi connectivity index (χ2v) is 7.50. The minimum Gasteiger partial charge on any atom is -0.398 e. The fourth-order valence-electron chi connectivity index (χ4n) is 2.76. The molecule has 3 heterocycles. The smallest absolute Gasteiger partial charge is 0.398 e. The Kier molecular flexibility index (Phi) is 5.23. The van der Waals surface area contributed by atoms with Crippen molar-refractivity contribution in [1.29, 1.82) is 0 Å². The predicted octanol–water partition coefficient (Wildman–Crippen LogP) is 3.61. The van der Waals surface area contributed by atoms with Gasteiger partial charge in [0, 0.05) is 18.0 Å². The minimum absolute atomic E-state index is 0.326. The molecule has 0 radical (unpaired) electrons. The van der Waals surface area contributed by atoms with Crippen LogP contribution in [-0.2, 0) is 22.3 Å². The van der Waals surface area contributed by atoms with Crippen LogP contribution in [0.3, 0.4) is 0 Å². The van der Waals surface area contributed by atoms with Crippen LogP contribution in [0.2, 0.25) is 0 Å². The van der Waals surface area contributed by atoms with Gasteiger partial charge in [0.15, 0.2) is 0 Å². The van der Waals surface area contributed by atoms with E-state index in [4.69, 9.17) is 15.7 Å². The second kappa shape index (κ2) is 7.30. The normalized spacial score (nSPS) is 18.5. The molecule has 1 fully saturated rings. The Morgan fingerprint density at radius 3 is 2.59 bits per heavy atom. The van der Waals surface area contributed by atoms with Crippen LogP contribution < -0.4 is 0 Å². The van der Waals surface area contributed by atoms with Crippen LogP contribution in [0.4, 0.5) is 4.39 Å². The maximum absolute atomic E-state index is 14.7. The van der Waals surface area contributed by atoms with Crippen molar-refractivity contribution in [1.82, 2.24) is 14.8 Å². The molecule has 3 rings (SSSR count). The molecule has 0 aliphatic carbocycles. The molecular formula is C20H23BFN3O2. The molecule has 1 aliphatic heterocycles. The maximum atomic E-state index is 14.7. The Hall–Kier alpha value is -2.43. The molecule has 1 saturated heterocycles. The average Bonchev–Trinajstić information content (AvgIpc) is 3.11. The van der Waals surface area contributed by atoms with Gasteiger partial charge >= 0.3 is 7.12 Å². The van der Waals surface area contributed by atoms with E-state index >= 15 is 0 Å². The van der Waals surface area contributed by atoms with E-state index < -0.39 is 24.0 Å². The highest BCUT2D eigenvalue weighted by atomic mass is 19.1. The van der Waals surface area contributed by atoms with E-state index in [1.807, 2.05) is 52.1 Å². The summed E-state index contributed by atoms with van der Waals surface area (Å²) >= 11 is 0. The van der Waals surface area contributed by atoms with Gasteiger partial charge < -0.3 is 9.31 Å². The van der Waals surface area contributed by atoms with Gasteiger partial charge in [-0.2, -0.15) is 5.10 Å². The molecule has 7 heteroatoms. The van der Waals surface area contributed by atoms with Gasteiger partial charge in [0.25, 0.3) is 0 Å². The topological polar surface area (TPSA) is 49.2 Å². The predicted molar refractivity (Wildman–Crippen MR) is 103 cm³/mol. The summed E-state index contributed by atoms with van der Waals surface area (Å²) in [7, 11) is -1.01. The third-order valence-corrected chi connectivity index (χ3v) is 4.99. The highest BCUT2D eigenvalue weighted by Crippen LogP contribution is 2.38. The number of pyridine rings is 1. The van der Waals surface area contributed by atoms with Gasteiger partial charge in [-0.25, -0.2) is 4.39 Å². The number of hydrogen-bond donors (Lipinski definition) is 0. The zero-order valence-electron chi connectivity index (χ0n) is 16.1. The number of aromatic nitrogens is 3. The van der Waals surface area contributed by atoms with E-state index in [9.17, 15) is 4.39 Å². The lowest BCUT2D eigenvalue weighted by molar-refractivity contribution is 0.00578. The van der Waals surface area contributed by atoms with Crippen molar-refractivity contribution in [2.24, 2.45) is 0 Å². The molecule has 0 aromatic carbocycles. The highest BCUT2D eigenvalue weighted by Gasteiger charge is 2.52. The zero-order valence-corrected chi connectivity index (χ0v) is 16.1. The standard InChI is InChI=1S/C20H23BFN3O2/c1-6-13-25-14-15(18(24-25)16-9-7-8-12-23-16)10-11-17(22)21-26-19(2,3)20(4,5)27-21/h1,7-9,11-12,14H,10,13H2,2-5H3. The van der Waals surface area contributed by atoms with Crippen molar-refractivity contribution in [3.63, 3.8) is 0 Å². The van der Waals surface area contributed by atoms with Crippen molar-refractivity contribution >= 4 is 7.12 Å². The third-order valence-electron chi connectivity index (χ3n) is 4.99. The lowest BCUT2D eigenvalue weighted by Crippen LogP contribution is -2.41. The largest absolute Gasteiger partial charge is 0.524 e. The van der Waals surface area contributed by atoms with E-state index in [0.717, 1.165) is 5.56 Å². The van der Waals surface area contributed by atoms with Crippen molar-refractivity contribution < 1.29 is 13.7 Å². The third kappa shape index (κ3) is 3.97. The Morgan fingerprint density at radius 1 is 1.30 bits per heavy atom. The van der Waals surface area contributed by atoms with Gasteiger partial charge in [0.1, 0.15) is 18.0 Å². The van der Waals surface area contributed by atoms with Crippen LogP contribution in [0.1, 0.15) is 33.3 Å². The summed E-state index contributed by atoms with van der Waals surface area (Å²) in [6, 6.07) is 5.58. The first kappa shape index (κ1) is 19.3. The van der Waals surface area contributed by atoms with Crippen molar-refractivity contribution in [3.05, 3.63) is 48.0 Å². The van der Waals surface area contributed by atoms with E-state index in [2.05, 4.69) is 16.0 Å². The number of nitrogens with zero attached hydrogens (tertiary/aromatic N) is 3. The summed E-state index contributed by atoms with van der Waals surface area (Å²) in [5, 5.41) is 4.49. The van der Waals surface area contributed by atoms with Crippen LogP contribution in [0.15, 0.2) is 42.4 Å². The first-order valence-electron chi connectivity index (χ1n) is 8.86. The Balaban J connectivity index is 1.83. The number of hydrogen-bond acceptors (Lipinski definition) is 4. The van der Waals surface area contributed by atoms with E-state index in [0.29, 0.717) is 24.4 Å². The van der Waals surface area contributed by atoms with Gasteiger partial charge in [-0.15, -0.1) is 6.42 Å². The Bertz CT molecular complexity index is 868. The van der Waals surface area contributed by atoms with Crippen LogP contribution in [0.25, 0.3) is 11.4 Å². The van der Waals surface area contributed by atoms with E-state index in [1.165, 1.54) is 6.08 Å². The molecule has 1 aliphatic rings. The van der Waals surface area contributed by atoms with Crippen LogP contribution >= 0.6 is 0 Å². The molecule has 27 heavy (non-hydrogen) atoms. The molecule has 5 nitrogen and oxygen atoms in total. The molecule has 0 saturated carbocycles. The fraction of sp³-hybridized carbons (Fsp3) is 0.400. The molecule has 0 amide bonds. The highest BCUT2D eigenvalue weighted by molar-refractivity contribution is 6.53. The summed E-state index contributed by atoms with van der Waals surface area (Å²) in [6.45, 7) is 7.91. The van der Waals surface area contributed by atoms with Crippen LogP contribution in [-0.4, -0.2) is 33.1 Å². The molecule has 0 bridgehead atoms. The fourth-order valence-corrected chi connectivity index (χ4v) is 2.76. The summed E-state index contributed by atoms with van der Waals surface area (Å²) in [5.74, 6) is 2.55. The van der Waals surface area contributed by atoms with Gasteiger partial charge in [-0.05, 0) is 46.2 Å². The summed E-state index contributed by atoms with van der Waals surface area (Å²) in [6.07, 6.45) is 10.7. The number of halogens is 1. The summed E-state index contributed by atoms with van der Waals surface area (Å²) < 4.78 is 27.9. The summed E-state index contributed by atoms with van der Waals surface area (Å²) in [5.41, 5.74) is 0.608. The van der Waals surface area contributed by atoms with Crippen LogP contribution in [0, 0.1) is 12.3 Å². The molecule has 0 atom stereocenters. The molecule has 2 aromatic heterocycles. The average molecular weight is 367 g/mol. The molecular weight excluding hydrogens is 344 g/mol. The minimum atomic E-state index is -1.01.